The quantitative estimate of drug-likeness (QED) is 0.598. The van der Waals surface area contributed by atoms with Crippen LogP contribution in [0.1, 0.15) is 64.2 Å². The highest BCUT2D eigenvalue weighted by Crippen LogP contribution is 2.36. The number of hydrogen-bond acceptors (Lipinski definition) is 1. The molecule has 0 bridgehead atoms. The van der Waals surface area contributed by atoms with Gasteiger partial charge in [0, 0.05) is 13.7 Å². The molecule has 0 unspecified atom stereocenters. The Morgan fingerprint density at radius 2 is 1.32 bits per heavy atom. The molecule has 110 valence electrons. The lowest BCUT2D eigenvalue weighted by atomic mass is 9.76. The Morgan fingerprint density at radius 1 is 0.842 bits per heavy atom. The second-order valence-corrected chi connectivity index (χ2v) is 6.94. The molecule has 0 amide bonds. The highest BCUT2D eigenvalue weighted by atomic mass is 16.5. The van der Waals surface area contributed by atoms with E-state index in [0.717, 1.165) is 30.3 Å². The van der Waals surface area contributed by atoms with E-state index in [1.807, 2.05) is 7.11 Å². The molecule has 2 aliphatic rings. The third kappa shape index (κ3) is 4.95. The summed E-state index contributed by atoms with van der Waals surface area (Å²) in [6.45, 7) is 4.93. The molecule has 2 aliphatic carbocycles. The van der Waals surface area contributed by atoms with Gasteiger partial charge in [-0.15, -0.1) is 6.58 Å². The molecule has 0 atom stereocenters. The van der Waals surface area contributed by atoms with Crippen molar-refractivity contribution in [2.75, 3.05) is 13.7 Å². The van der Waals surface area contributed by atoms with Gasteiger partial charge in [-0.05, 0) is 62.2 Å². The summed E-state index contributed by atoms with van der Waals surface area (Å²) in [5, 5.41) is 0. The van der Waals surface area contributed by atoms with Gasteiger partial charge < -0.3 is 4.74 Å². The van der Waals surface area contributed by atoms with Crippen LogP contribution in [0, 0.1) is 23.7 Å². The zero-order valence-electron chi connectivity index (χ0n) is 12.8. The maximum absolute atomic E-state index is 5.28. The fraction of sp³-hybridized carbons (Fsp3) is 0.889. The van der Waals surface area contributed by atoms with Gasteiger partial charge in [-0.1, -0.05) is 31.8 Å². The monoisotopic (exact) mass is 264 g/mol. The van der Waals surface area contributed by atoms with E-state index in [1.165, 1.54) is 64.2 Å². The molecular weight excluding hydrogens is 232 g/mol. The summed E-state index contributed by atoms with van der Waals surface area (Å²) in [4.78, 5) is 0. The fourth-order valence-corrected chi connectivity index (χ4v) is 4.11. The lowest BCUT2D eigenvalue weighted by Gasteiger charge is -2.31. The van der Waals surface area contributed by atoms with Crippen LogP contribution >= 0.6 is 0 Å². The molecule has 0 heterocycles. The van der Waals surface area contributed by atoms with E-state index in [1.54, 1.807) is 0 Å². The number of allylic oxidation sites excluding steroid dienone is 1. The average Bonchev–Trinajstić information content (AvgIpc) is 2.47. The zero-order chi connectivity index (χ0) is 13.5. The van der Waals surface area contributed by atoms with Crippen molar-refractivity contribution in [1.29, 1.82) is 0 Å². The van der Waals surface area contributed by atoms with E-state index in [4.69, 9.17) is 4.74 Å². The van der Waals surface area contributed by atoms with Crippen molar-refractivity contribution >= 4 is 0 Å². The predicted molar refractivity (Wildman–Crippen MR) is 82.2 cm³/mol. The molecule has 0 aliphatic heterocycles. The van der Waals surface area contributed by atoms with Crippen LogP contribution < -0.4 is 0 Å². The Kier molecular flexibility index (Phi) is 6.43. The average molecular weight is 264 g/mol. The Bertz CT molecular complexity index is 244. The lowest BCUT2D eigenvalue weighted by molar-refractivity contribution is 0.115. The maximum Gasteiger partial charge on any atom is 0.0490 e. The molecule has 2 saturated carbocycles. The molecule has 1 heteroatoms. The Hall–Kier alpha value is -0.300. The smallest absolute Gasteiger partial charge is 0.0490 e. The molecule has 1 nitrogen and oxygen atoms in total. The highest BCUT2D eigenvalue weighted by Gasteiger charge is 2.23. The summed E-state index contributed by atoms with van der Waals surface area (Å²) in [6, 6.07) is 0. The normalized spacial score (nSPS) is 36.1. The lowest BCUT2D eigenvalue weighted by Crippen LogP contribution is -2.19. The first kappa shape index (κ1) is 15.1. The Balaban J connectivity index is 1.58. The van der Waals surface area contributed by atoms with E-state index in [9.17, 15) is 0 Å². The second-order valence-electron chi connectivity index (χ2n) is 6.94. The van der Waals surface area contributed by atoms with Crippen molar-refractivity contribution in [2.45, 2.75) is 64.2 Å². The van der Waals surface area contributed by atoms with Crippen LogP contribution in [0.2, 0.25) is 0 Å². The Labute approximate surface area is 119 Å². The van der Waals surface area contributed by atoms with E-state index in [0.29, 0.717) is 0 Å². The molecule has 0 saturated heterocycles. The van der Waals surface area contributed by atoms with Crippen LogP contribution in [0.25, 0.3) is 0 Å². The molecule has 2 rings (SSSR count). The first-order chi connectivity index (χ1) is 9.31. The summed E-state index contributed by atoms with van der Waals surface area (Å²) < 4.78 is 5.28. The van der Waals surface area contributed by atoms with Gasteiger partial charge in [0.1, 0.15) is 0 Å². The Morgan fingerprint density at radius 3 is 1.79 bits per heavy atom. The molecule has 0 aromatic carbocycles. The van der Waals surface area contributed by atoms with Crippen LogP contribution in [0.5, 0.6) is 0 Å². The number of ether oxygens (including phenoxy) is 1. The van der Waals surface area contributed by atoms with Crippen molar-refractivity contribution in [2.24, 2.45) is 23.7 Å². The molecule has 0 spiro atoms. The summed E-state index contributed by atoms with van der Waals surface area (Å²) >= 11 is 0. The van der Waals surface area contributed by atoms with Crippen LogP contribution in [0.4, 0.5) is 0 Å². The van der Waals surface area contributed by atoms with Gasteiger partial charge >= 0.3 is 0 Å². The third-order valence-corrected chi connectivity index (χ3v) is 5.58. The van der Waals surface area contributed by atoms with Crippen LogP contribution in [-0.2, 0) is 4.74 Å². The molecule has 0 aromatic rings. The van der Waals surface area contributed by atoms with Crippen molar-refractivity contribution in [1.82, 2.24) is 0 Å². The molecule has 0 aromatic heterocycles. The van der Waals surface area contributed by atoms with Gasteiger partial charge in [0.15, 0.2) is 0 Å². The predicted octanol–water partition coefficient (Wildman–Crippen LogP) is 5.21. The summed E-state index contributed by atoms with van der Waals surface area (Å²) in [5.41, 5.74) is 0. The third-order valence-electron chi connectivity index (χ3n) is 5.58. The molecule has 2 fully saturated rings. The van der Waals surface area contributed by atoms with Gasteiger partial charge in [-0.3, -0.25) is 0 Å². The molecule has 0 radical (unpaired) electrons. The first-order valence-corrected chi connectivity index (χ1v) is 8.43. The minimum absolute atomic E-state index is 0.820. The molecular formula is C18H32O. The minimum Gasteiger partial charge on any atom is -0.384 e. The van der Waals surface area contributed by atoms with Gasteiger partial charge in [0.25, 0.3) is 0 Å². The van der Waals surface area contributed by atoms with Gasteiger partial charge in [0.2, 0.25) is 0 Å². The van der Waals surface area contributed by atoms with E-state index < -0.39 is 0 Å². The zero-order valence-corrected chi connectivity index (χ0v) is 12.8. The largest absolute Gasteiger partial charge is 0.384 e. The van der Waals surface area contributed by atoms with Crippen molar-refractivity contribution in [3.8, 4) is 0 Å². The summed E-state index contributed by atoms with van der Waals surface area (Å²) in [6.07, 6.45) is 16.6. The van der Waals surface area contributed by atoms with Gasteiger partial charge in [-0.2, -0.15) is 0 Å². The molecule has 19 heavy (non-hydrogen) atoms. The van der Waals surface area contributed by atoms with Crippen molar-refractivity contribution in [3.63, 3.8) is 0 Å². The first-order valence-electron chi connectivity index (χ1n) is 8.43. The summed E-state index contributed by atoms with van der Waals surface area (Å²) in [7, 11) is 1.84. The highest BCUT2D eigenvalue weighted by molar-refractivity contribution is 4.84. The molecule has 0 N–H and O–H groups in total. The van der Waals surface area contributed by atoms with E-state index >= 15 is 0 Å². The number of methoxy groups -OCH3 is 1. The SMILES string of the molecule is C=CC1CCC(CCC2CCC(COC)CC2)CC1. The fourth-order valence-electron chi connectivity index (χ4n) is 4.11. The van der Waals surface area contributed by atoms with Crippen LogP contribution in [0.3, 0.4) is 0 Å². The minimum atomic E-state index is 0.820. The standard InChI is InChI=1S/C18H32O/c1-3-15-4-6-16(7-5-15)8-9-17-10-12-18(13-11-17)14-19-2/h3,15-18H,1,4-14H2,2H3. The number of rotatable bonds is 6. The van der Waals surface area contributed by atoms with Crippen LogP contribution in [-0.4, -0.2) is 13.7 Å². The van der Waals surface area contributed by atoms with Gasteiger partial charge in [-0.25, -0.2) is 0 Å². The van der Waals surface area contributed by atoms with Crippen molar-refractivity contribution in [3.05, 3.63) is 12.7 Å². The van der Waals surface area contributed by atoms with Crippen LogP contribution in [0.15, 0.2) is 12.7 Å². The maximum atomic E-state index is 5.28. The van der Waals surface area contributed by atoms with Gasteiger partial charge in [0.05, 0.1) is 0 Å². The number of hydrogen-bond donors (Lipinski definition) is 0. The van der Waals surface area contributed by atoms with E-state index in [2.05, 4.69) is 12.7 Å². The van der Waals surface area contributed by atoms with E-state index in [-0.39, 0.29) is 0 Å². The summed E-state index contributed by atoms with van der Waals surface area (Å²) in [5.74, 6) is 3.71. The topological polar surface area (TPSA) is 9.23 Å². The van der Waals surface area contributed by atoms with Crippen molar-refractivity contribution < 1.29 is 4.74 Å². The second kappa shape index (κ2) is 8.09.